The molecule has 1 aliphatic heterocycles. The molecule has 0 radical (unpaired) electrons. The van der Waals surface area contributed by atoms with Gasteiger partial charge in [0.1, 0.15) is 5.75 Å². The molecule has 4 nitrogen and oxygen atoms in total. The number of aryl methyl sites for hydroxylation is 1. The van der Waals surface area contributed by atoms with Crippen LogP contribution in [0.15, 0.2) is 42.0 Å². The first kappa shape index (κ1) is 16.7. The highest BCUT2D eigenvalue weighted by atomic mass is 32.1. The Hall–Kier alpha value is -2.11. The van der Waals surface area contributed by atoms with Gasteiger partial charge in [-0.3, -0.25) is 4.79 Å². The van der Waals surface area contributed by atoms with E-state index in [-0.39, 0.29) is 5.91 Å². The fourth-order valence-electron chi connectivity index (χ4n) is 2.76. The van der Waals surface area contributed by atoms with Gasteiger partial charge in [0.15, 0.2) is 0 Å². The molecule has 0 saturated carbocycles. The minimum absolute atomic E-state index is 0.00212. The molecule has 0 atom stereocenters. The zero-order valence-corrected chi connectivity index (χ0v) is 14.8. The van der Waals surface area contributed by atoms with Crippen LogP contribution < -0.4 is 15.4 Å². The third-order valence-electron chi connectivity index (χ3n) is 4.18. The van der Waals surface area contributed by atoms with Crippen molar-refractivity contribution in [1.29, 1.82) is 0 Å². The van der Waals surface area contributed by atoms with E-state index in [1.165, 1.54) is 16.9 Å². The molecule has 1 amide bonds. The zero-order chi connectivity index (χ0) is 16.9. The van der Waals surface area contributed by atoms with E-state index in [4.69, 9.17) is 4.74 Å². The summed E-state index contributed by atoms with van der Waals surface area (Å²) in [6.45, 7) is 4.57. The van der Waals surface area contributed by atoms with E-state index >= 15 is 0 Å². The van der Waals surface area contributed by atoms with Gasteiger partial charge in [-0.2, -0.15) is 0 Å². The van der Waals surface area contributed by atoms with Crippen LogP contribution in [0.25, 0.3) is 11.1 Å². The van der Waals surface area contributed by atoms with Crippen molar-refractivity contribution < 1.29 is 9.53 Å². The lowest BCUT2D eigenvalue weighted by atomic mass is 10.1. The van der Waals surface area contributed by atoms with Crippen LogP contribution in [0.2, 0.25) is 0 Å². The van der Waals surface area contributed by atoms with Crippen LogP contribution in [-0.2, 0) is 0 Å². The number of benzene rings is 1. The fraction of sp³-hybridized carbons (Fsp3) is 0.316. The number of carbonyl (C=O) groups excluding carboxylic acids is 1. The van der Waals surface area contributed by atoms with E-state index in [1.54, 1.807) is 7.11 Å². The number of amides is 1. The minimum atomic E-state index is 0.00212. The quantitative estimate of drug-likeness (QED) is 0.819. The molecule has 0 fully saturated rings. The van der Waals surface area contributed by atoms with Crippen LogP contribution in [0.3, 0.4) is 0 Å². The van der Waals surface area contributed by atoms with Crippen molar-refractivity contribution in [3.05, 3.63) is 51.7 Å². The maximum Gasteiger partial charge on any atom is 0.261 e. The Labute approximate surface area is 146 Å². The zero-order valence-electron chi connectivity index (χ0n) is 14.0. The van der Waals surface area contributed by atoms with Gasteiger partial charge in [-0.05, 0) is 49.2 Å². The molecule has 0 spiro atoms. The van der Waals surface area contributed by atoms with E-state index in [2.05, 4.69) is 23.6 Å². The van der Waals surface area contributed by atoms with Crippen molar-refractivity contribution in [3.63, 3.8) is 0 Å². The number of thiophene rings is 1. The first-order valence-electron chi connectivity index (χ1n) is 8.09. The predicted octanol–water partition coefficient (Wildman–Crippen LogP) is 3.38. The second-order valence-corrected chi connectivity index (χ2v) is 7.06. The number of hydrogen-bond donors (Lipinski definition) is 2. The third kappa shape index (κ3) is 3.86. The molecule has 1 aromatic carbocycles. The van der Waals surface area contributed by atoms with Gasteiger partial charge in [0.05, 0.1) is 12.0 Å². The molecule has 1 aromatic heterocycles. The molecule has 2 N–H and O–H groups in total. The molecule has 126 valence electrons. The van der Waals surface area contributed by atoms with Gasteiger partial charge >= 0.3 is 0 Å². The van der Waals surface area contributed by atoms with Gasteiger partial charge < -0.3 is 15.4 Å². The smallest absolute Gasteiger partial charge is 0.261 e. The lowest BCUT2D eigenvalue weighted by Crippen LogP contribution is -2.29. The van der Waals surface area contributed by atoms with Crippen molar-refractivity contribution in [2.45, 2.75) is 13.3 Å². The van der Waals surface area contributed by atoms with Gasteiger partial charge in [0.2, 0.25) is 0 Å². The first-order valence-corrected chi connectivity index (χ1v) is 8.90. The van der Waals surface area contributed by atoms with Crippen LogP contribution in [0, 0.1) is 6.92 Å². The molecule has 3 rings (SSSR count). The highest BCUT2D eigenvalue weighted by Gasteiger charge is 2.14. The van der Waals surface area contributed by atoms with Gasteiger partial charge in [0.25, 0.3) is 5.91 Å². The van der Waals surface area contributed by atoms with Crippen molar-refractivity contribution in [2.24, 2.45) is 0 Å². The molecular formula is C19H22N2O2S. The minimum Gasteiger partial charge on any atom is -0.497 e. The van der Waals surface area contributed by atoms with Crippen molar-refractivity contribution in [3.8, 4) is 16.9 Å². The lowest BCUT2D eigenvalue weighted by Gasteiger charge is -2.14. The summed E-state index contributed by atoms with van der Waals surface area (Å²) >= 11 is 1.54. The number of carbonyl (C=O) groups is 1. The fourth-order valence-corrected chi connectivity index (χ4v) is 3.72. The van der Waals surface area contributed by atoms with Crippen LogP contribution in [0.1, 0.15) is 21.0 Å². The maximum absolute atomic E-state index is 12.4. The Balaban J connectivity index is 1.70. The number of rotatable bonds is 5. The van der Waals surface area contributed by atoms with Crippen LogP contribution in [-0.4, -0.2) is 32.7 Å². The molecule has 2 aromatic rings. The standard InChI is InChI=1S/C19H22N2O2S/c1-13-17(15-3-5-16(23-2)6-4-15)11-18(24-13)19(22)21-12-14-7-9-20-10-8-14/h3-7,11,20H,8-10,12H2,1-2H3,(H,21,22). The summed E-state index contributed by atoms with van der Waals surface area (Å²) in [5.74, 6) is 0.835. The summed E-state index contributed by atoms with van der Waals surface area (Å²) in [4.78, 5) is 14.3. The highest BCUT2D eigenvalue weighted by Crippen LogP contribution is 2.32. The Kier molecular flexibility index (Phi) is 5.33. The Morgan fingerprint density at radius 1 is 1.33 bits per heavy atom. The average Bonchev–Trinajstić information content (AvgIpc) is 3.02. The van der Waals surface area contributed by atoms with E-state index in [9.17, 15) is 4.79 Å². The first-order chi connectivity index (χ1) is 11.7. The molecule has 0 bridgehead atoms. The van der Waals surface area contributed by atoms with Gasteiger partial charge in [-0.1, -0.05) is 23.8 Å². The molecule has 0 unspecified atom stereocenters. The summed E-state index contributed by atoms with van der Waals surface area (Å²) in [6.07, 6.45) is 3.16. The summed E-state index contributed by atoms with van der Waals surface area (Å²) in [5.41, 5.74) is 3.50. The second-order valence-electron chi connectivity index (χ2n) is 5.81. The van der Waals surface area contributed by atoms with Crippen molar-refractivity contribution >= 4 is 17.2 Å². The molecule has 24 heavy (non-hydrogen) atoms. The lowest BCUT2D eigenvalue weighted by molar-refractivity contribution is 0.0960. The predicted molar refractivity (Wildman–Crippen MR) is 98.9 cm³/mol. The number of methoxy groups -OCH3 is 1. The summed E-state index contributed by atoms with van der Waals surface area (Å²) in [5, 5.41) is 6.31. The van der Waals surface area contributed by atoms with Gasteiger partial charge in [-0.25, -0.2) is 0 Å². The number of ether oxygens (including phenoxy) is 1. The molecular weight excluding hydrogens is 320 g/mol. The maximum atomic E-state index is 12.4. The molecule has 0 aliphatic carbocycles. The van der Waals surface area contributed by atoms with E-state index < -0.39 is 0 Å². The Morgan fingerprint density at radius 3 is 2.79 bits per heavy atom. The van der Waals surface area contributed by atoms with Crippen LogP contribution in [0.5, 0.6) is 5.75 Å². The number of hydrogen-bond acceptors (Lipinski definition) is 4. The Bertz CT molecular complexity index is 747. The van der Waals surface area contributed by atoms with Gasteiger partial charge in [0, 0.05) is 18.0 Å². The van der Waals surface area contributed by atoms with Crippen LogP contribution in [0.4, 0.5) is 0 Å². The normalized spacial score (nSPS) is 14.2. The Morgan fingerprint density at radius 2 is 2.12 bits per heavy atom. The average molecular weight is 342 g/mol. The van der Waals surface area contributed by atoms with Crippen molar-refractivity contribution in [1.82, 2.24) is 10.6 Å². The van der Waals surface area contributed by atoms with Crippen LogP contribution >= 0.6 is 11.3 Å². The van der Waals surface area contributed by atoms with Gasteiger partial charge in [-0.15, -0.1) is 11.3 Å². The molecule has 0 saturated heterocycles. The monoisotopic (exact) mass is 342 g/mol. The summed E-state index contributed by atoms with van der Waals surface area (Å²) < 4.78 is 5.20. The molecule has 1 aliphatic rings. The van der Waals surface area contributed by atoms with E-state index in [1.807, 2.05) is 30.3 Å². The summed E-state index contributed by atoms with van der Waals surface area (Å²) in [6, 6.07) is 9.91. The molecule has 5 heteroatoms. The molecule has 2 heterocycles. The van der Waals surface area contributed by atoms with E-state index in [0.717, 1.165) is 46.1 Å². The second kappa shape index (κ2) is 7.64. The largest absolute Gasteiger partial charge is 0.497 e. The van der Waals surface area contributed by atoms with Crippen molar-refractivity contribution in [2.75, 3.05) is 26.7 Å². The summed E-state index contributed by atoms with van der Waals surface area (Å²) in [7, 11) is 1.66. The van der Waals surface area contributed by atoms with E-state index in [0.29, 0.717) is 6.54 Å². The number of nitrogens with one attached hydrogen (secondary N) is 2. The SMILES string of the molecule is COc1ccc(-c2cc(C(=O)NCC3=CCNCC3)sc2C)cc1. The topological polar surface area (TPSA) is 50.4 Å². The third-order valence-corrected chi connectivity index (χ3v) is 5.23. The highest BCUT2D eigenvalue weighted by molar-refractivity contribution is 7.14.